The van der Waals surface area contributed by atoms with Gasteiger partial charge in [-0.05, 0) is 35.8 Å². The Kier molecular flexibility index (Phi) is 5.54. The number of amides is 3. The van der Waals surface area contributed by atoms with Gasteiger partial charge in [0.25, 0.3) is 0 Å². The fraction of sp³-hybridized carbons (Fsp3) is 0.619. The van der Waals surface area contributed by atoms with Crippen LogP contribution in [-0.4, -0.2) is 47.9 Å². The van der Waals surface area contributed by atoms with Crippen molar-refractivity contribution in [3.05, 3.63) is 29.3 Å². The third-order valence-corrected chi connectivity index (χ3v) is 5.41. The quantitative estimate of drug-likeness (QED) is 0.885. The molecule has 1 aliphatic heterocycles. The maximum Gasteiger partial charge on any atom is 0.321 e. The number of carbonyl (C=O) groups is 2. The topological polar surface area (TPSA) is 52.7 Å². The van der Waals surface area contributed by atoms with E-state index in [2.05, 4.69) is 51.2 Å². The van der Waals surface area contributed by atoms with Gasteiger partial charge in [-0.3, -0.25) is 4.79 Å². The van der Waals surface area contributed by atoms with Crippen molar-refractivity contribution in [3.63, 3.8) is 0 Å². The molecule has 1 saturated carbocycles. The minimum absolute atomic E-state index is 0.0569. The molecule has 1 saturated heterocycles. The smallest absolute Gasteiger partial charge is 0.321 e. The number of rotatable bonds is 4. The number of urea groups is 1. The number of nitrogens with one attached hydrogen (secondary N) is 1. The van der Waals surface area contributed by atoms with Crippen LogP contribution in [0.1, 0.15) is 63.5 Å². The van der Waals surface area contributed by atoms with Gasteiger partial charge in [-0.1, -0.05) is 45.9 Å². The summed E-state index contributed by atoms with van der Waals surface area (Å²) >= 11 is 0. The monoisotopic (exact) mass is 357 g/mol. The SMILES string of the molecule is CC(C)c1cccc(C(C)C)c1NC(=O)N1CCN(C(=O)C2CC2)CC1. The van der Waals surface area contributed by atoms with E-state index in [4.69, 9.17) is 0 Å². The summed E-state index contributed by atoms with van der Waals surface area (Å²) < 4.78 is 0. The van der Waals surface area contributed by atoms with Crippen molar-refractivity contribution in [2.75, 3.05) is 31.5 Å². The van der Waals surface area contributed by atoms with Crippen LogP contribution in [0.5, 0.6) is 0 Å². The number of para-hydroxylation sites is 1. The molecule has 0 radical (unpaired) electrons. The first kappa shape index (κ1) is 18.7. The van der Waals surface area contributed by atoms with Gasteiger partial charge < -0.3 is 15.1 Å². The highest BCUT2D eigenvalue weighted by Gasteiger charge is 2.35. The molecule has 142 valence electrons. The summed E-state index contributed by atoms with van der Waals surface area (Å²) in [5.74, 6) is 1.22. The molecule has 2 aliphatic rings. The van der Waals surface area contributed by atoms with Crippen LogP contribution < -0.4 is 5.32 Å². The van der Waals surface area contributed by atoms with Crippen LogP contribution in [0.15, 0.2) is 18.2 Å². The first-order valence-corrected chi connectivity index (χ1v) is 9.86. The van der Waals surface area contributed by atoms with Crippen molar-refractivity contribution in [3.8, 4) is 0 Å². The second-order valence-corrected chi connectivity index (χ2v) is 8.14. The van der Waals surface area contributed by atoms with Gasteiger partial charge in [-0.15, -0.1) is 0 Å². The Hall–Kier alpha value is -2.04. The number of anilines is 1. The molecule has 0 aromatic heterocycles. The molecule has 0 bridgehead atoms. The molecule has 5 nitrogen and oxygen atoms in total. The number of hydrogen-bond acceptors (Lipinski definition) is 2. The average molecular weight is 357 g/mol. The Morgan fingerprint density at radius 2 is 1.42 bits per heavy atom. The van der Waals surface area contributed by atoms with Gasteiger partial charge in [0.05, 0.1) is 0 Å². The maximum atomic E-state index is 12.9. The molecule has 1 aliphatic carbocycles. The molecule has 1 heterocycles. The molecule has 1 aromatic rings. The summed E-state index contributed by atoms with van der Waals surface area (Å²) in [5.41, 5.74) is 3.30. The third-order valence-electron chi connectivity index (χ3n) is 5.41. The first-order chi connectivity index (χ1) is 12.4. The Morgan fingerprint density at radius 1 is 0.923 bits per heavy atom. The van der Waals surface area contributed by atoms with E-state index in [1.807, 2.05) is 9.80 Å². The summed E-state index contributed by atoms with van der Waals surface area (Å²) in [5, 5.41) is 3.17. The number of piperazine rings is 1. The van der Waals surface area contributed by atoms with Gasteiger partial charge in [0.2, 0.25) is 5.91 Å². The van der Waals surface area contributed by atoms with Gasteiger partial charge in [-0.25, -0.2) is 4.79 Å². The van der Waals surface area contributed by atoms with Gasteiger partial charge in [-0.2, -0.15) is 0 Å². The Bertz CT molecular complexity index is 646. The molecular weight excluding hydrogens is 326 g/mol. The van der Waals surface area contributed by atoms with Gasteiger partial charge in [0, 0.05) is 37.8 Å². The number of nitrogens with zero attached hydrogens (tertiary/aromatic N) is 2. The normalized spacial score (nSPS) is 17.8. The molecule has 0 atom stereocenters. The summed E-state index contributed by atoms with van der Waals surface area (Å²) in [6.45, 7) is 11.1. The van der Waals surface area contributed by atoms with Crippen LogP contribution in [0.25, 0.3) is 0 Å². The second kappa shape index (κ2) is 7.68. The van der Waals surface area contributed by atoms with E-state index in [0.29, 0.717) is 38.0 Å². The molecule has 0 unspecified atom stereocenters. The van der Waals surface area contributed by atoms with Crippen molar-refractivity contribution in [2.45, 2.75) is 52.4 Å². The van der Waals surface area contributed by atoms with E-state index < -0.39 is 0 Å². The average Bonchev–Trinajstić information content (AvgIpc) is 3.46. The summed E-state index contributed by atoms with van der Waals surface area (Å²) in [7, 11) is 0. The van der Waals surface area contributed by atoms with Crippen molar-refractivity contribution in [1.29, 1.82) is 0 Å². The molecule has 2 fully saturated rings. The predicted octanol–water partition coefficient (Wildman–Crippen LogP) is 4.02. The number of hydrogen-bond donors (Lipinski definition) is 1. The van der Waals surface area contributed by atoms with Crippen molar-refractivity contribution in [1.82, 2.24) is 9.80 Å². The van der Waals surface area contributed by atoms with E-state index in [9.17, 15) is 9.59 Å². The molecule has 0 spiro atoms. The van der Waals surface area contributed by atoms with E-state index in [0.717, 1.165) is 18.5 Å². The van der Waals surface area contributed by atoms with Gasteiger partial charge >= 0.3 is 6.03 Å². The third kappa shape index (κ3) is 4.02. The fourth-order valence-electron chi connectivity index (χ4n) is 3.60. The van der Waals surface area contributed by atoms with Crippen LogP contribution in [-0.2, 0) is 4.79 Å². The lowest BCUT2D eigenvalue weighted by Crippen LogP contribution is -2.52. The van der Waals surface area contributed by atoms with Crippen LogP contribution in [0, 0.1) is 5.92 Å². The highest BCUT2D eigenvalue weighted by molar-refractivity contribution is 5.91. The highest BCUT2D eigenvalue weighted by atomic mass is 16.2. The molecule has 1 N–H and O–H groups in total. The molecule has 3 rings (SSSR count). The lowest BCUT2D eigenvalue weighted by atomic mass is 9.93. The van der Waals surface area contributed by atoms with Crippen molar-refractivity contribution < 1.29 is 9.59 Å². The second-order valence-electron chi connectivity index (χ2n) is 8.14. The summed E-state index contributed by atoms with van der Waals surface area (Å²) in [6.07, 6.45) is 2.06. The lowest BCUT2D eigenvalue weighted by molar-refractivity contribution is -0.133. The Morgan fingerprint density at radius 3 is 1.88 bits per heavy atom. The summed E-state index contributed by atoms with van der Waals surface area (Å²) in [6, 6.07) is 6.21. The Balaban J connectivity index is 1.67. The summed E-state index contributed by atoms with van der Waals surface area (Å²) in [4.78, 5) is 28.8. The van der Waals surface area contributed by atoms with Crippen molar-refractivity contribution >= 4 is 17.6 Å². The zero-order valence-electron chi connectivity index (χ0n) is 16.4. The van der Waals surface area contributed by atoms with E-state index in [1.54, 1.807) is 0 Å². The van der Waals surface area contributed by atoms with Gasteiger partial charge in [0.1, 0.15) is 0 Å². The zero-order chi connectivity index (χ0) is 18.8. The molecule has 1 aromatic carbocycles. The van der Waals surface area contributed by atoms with Crippen LogP contribution >= 0.6 is 0 Å². The number of carbonyl (C=O) groups excluding carboxylic acids is 2. The standard InChI is InChI=1S/C21H31N3O2/c1-14(2)17-6-5-7-18(15(3)4)19(17)22-21(26)24-12-10-23(11-13-24)20(25)16-8-9-16/h5-7,14-16H,8-13H2,1-4H3,(H,22,26). The minimum atomic E-state index is -0.0569. The van der Waals surface area contributed by atoms with E-state index in [1.165, 1.54) is 11.1 Å². The fourth-order valence-corrected chi connectivity index (χ4v) is 3.60. The number of benzene rings is 1. The zero-order valence-corrected chi connectivity index (χ0v) is 16.4. The molecular formula is C21H31N3O2. The lowest BCUT2D eigenvalue weighted by Gasteiger charge is -2.35. The molecule has 5 heteroatoms. The van der Waals surface area contributed by atoms with Crippen LogP contribution in [0.3, 0.4) is 0 Å². The Labute approximate surface area is 156 Å². The predicted molar refractivity (Wildman–Crippen MR) is 105 cm³/mol. The van der Waals surface area contributed by atoms with Crippen molar-refractivity contribution in [2.24, 2.45) is 5.92 Å². The van der Waals surface area contributed by atoms with Crippen LogP contribution in [0.2, 0.25) is 0 Å². The molecule has 3 amide bonds. The van der Waals surface area contributed by atoms with Gasteiger partial charge in [0.15, 0.2) is 0 Å². The first-order valence-electron chi connectivity index (χ1n) is 9.86. The minimum Gasteiger partial charge on any atom is -0.339 e. The highest BCUT2D eigenvalue weighted by Crippen LogP contribution is 2.33. The maximum absolute atomic E-state index is 12.9. The van der Waals surface area contributed by atoms with Crippen LogP contribution in [0.4, 0.5) is 10.5 Å². The van der Waals surface area contributed by atoms with E-state index >= 15 is 0 Å². The molecule has 26 heavy (non-hydrogen) atoms. The van der Waals surface area contributed by atoms with E-state index in [-0.39, 0.29) is 17.9 Å². The largest absolute Gasteiger partial charge is 0.339 e.